The topological polar surface area (TPSA) is 77.9 Å². The normalized spacial score (nSPS) is 26.2. The number of aryl methyl sites for hydroxylation is 1. The SMILES string of the molecule is CCc1ccccc1N1CC(C(=O)N2CCCC(C)(C(=O)O)C2)CC1=O. The minimum atomic E-state index is -0.898. The van der Waals surface area contributed by atoms with E-state index in [-0.39, 0.29) is 24.8 Å². The van der Waals surface area contributed by atoms with Crippen molar-refractivity contribution in [2.24, 2.45) is 11.3 Å². The standard InChI is InChI=1S/C20H26N2O4/c1-3-14-7-4-5-8-16(14)22-12-15(11-17(22)23)18(24)21-10-6-9-20(2,13-21)19(25)26/h4-5,7-8,15H,3,6,9-13H2,1-2H3,(H,25,26). The molecule has 2 atom stereocenters. The third kappa shape index (κ3) is 3.32. The van der Waals surface area contributed by atoms with Crippen LogP contribution in [0.15, 0.2) is 24.3 Å². The molecule has 0 aliphatic carbocycles. The lowest BCUT2D eigenvalue weighted by Gasteiger charge is -2.38. The fourth-order valence-electron chi connectivity index (χ4n) is 4.04. The Hall–Kier alpha value is -2.37. The minimum Gasteiger partial charge on any atom is -0.481 e. The highest BCUT2D eigenvalue weighted by Crippen LogP contribution is 2.33. The van der Waals surface area contributed by atoms with Crippen molar-refractivity contribution in [3.05, 3.63) is 29.8 Å². The molecule has 140 valence electrons. The van der Waals surface area contributed by atoms with E-state index in [4.69, 9.17) is 0 Å². The molecule has 0 saturated carbocycles. The highest BCUT2D eigenvalue weighted by atomic mass is 16.4. The van der Waals surface area contributed by atoms with Gasteiger partial charge >= 0.3 is 5.97 Å². The van der Waals surface area contributed by atoms with Crippen molar-refractivity contribution in [3.63, 3.8) is 0 Å². The summed E-state index contributed by atoms with van der Waals surface area (Å²) in [4.78, 5) is 40.4. The van der Waals surface area contributed by atoms with E-state index in [9.17, 15) is 19.5 Å². The van der Waals surface area contributed by atoms with Crippen LogP contribution >= 0.6 is 0 Å². The number of rotatable bonds is 4. The van der Waals surface area contributed by atoms with Crippen LogP contribution in [-0.4, -0.2) is 47.4 Å². The van der Waals surface area contributed by atoms with Gasteiger partial charge in [-0.3, -0.25) is 14.4 Å². The summed E-state index contributed by atoms with van der Waals surface area (Å²) in [5.74, 6) is -1.40. The van der Waals surface area contributed by atoms with Crippen molar-refractivity contribution < 1.29 is 19.5 Å². The van der Waals surface area contributed by atoms with Crippen molar-refractivity contribution in [1.82, 2.24) is 4.90 Å². The van der Waals surface area contributed by atoms with Crippen LogP contribution in [0.3, 0.4) is 0 Å². The summed E-state index contributed by atoms with van der Waals surface area (Å²) in [5.41, 5.74) is 1.07. The summed E-state index contributed by atoms with van der Waals surface area (Å²) in [7, 11) is 0. The Kier molecular flexibility index (Phi) is 5.03. The molecule has 0 radical (unpaired) electrons. The number of likely N-dealkylation sites (tertiary alicyclic amines) is 1. The summed E-state index contributed by atoms with van der Waals surface area (Å²) >= 11 is 0. The van der Waals surface area contributed by atoms with Gasteiger partial charge < -0.3 is 14.9 Å². The van der Waals surface area contributed by atoms with Crippen molar-refractivity contribution in [1.29, 1.82) is 0 Å². The molecule has 0 aromatic heterocycles. The van der Waals surface area contributed by atoms with Crippen LogP contribution in [0.25, 0.3) is 0 Å². The molecular weight excluding hydrogens is 332 g/mol. The first kappa shape index (κ1) is 18.4. The first-order valence-electron chi connectivity index (χ1n) is 9.26. The summed E-state index contributed by atoms with van der Waals surface area (Å²) in [6, 6.07) is 7.78. The van der Waals surface area contributed by atoms with Crippen LogP contribution in [0.4, 0.5) is 5.69 Å². The molecule has 26 heavy (non-hydrogen) atoms. The summed E-state index contributed by atoms with van der Waals surface area (Å²) in [6.45, 7) is 4.89. The summed E-state index contributed by atoms with van der Waals surface area (Å²) in [5, 5.41) is 9.45. The van der Waals surface area contributed by atoms with E-state index in [1.807, 2.05) is 31.2 Å². The molecule has 2 heterocycles. The first-order valence-corrected chi connectivity index (χ1v) is 9.26. The molecule has 1 N–H and O–H groups in total. The van der Waals surface area contributed by atoms with Gasteiger partial charge in [-0.15, -0.1) is 0 Å². The first-order chi connectivity index (χ1) is 12.4. The molecule has 1 aromatic carbocycles. The molecule has 6 heteroatoms. The van der Waals surface area contributed by atoms with Crippen molar-refractivity contribution in [3.8, 4) is 0 Å². The lowest BCUT2D eigenvalue weighted by molar-refractivity contribution is -0.154. The quantitative estimate of drug-likeness (QED) is 0.896. The monoisotopic (exact) mass is 358 g/mol. The number of hydrogen-bond donors (Lipinski definition) is 1. The van der Waals surface area contributed by atoms with Gasteiger partial charge in [-0.05, 0) is 37.8 Å². The van der Waals surface area contributed by atoms with Crippen molar-refractivity contribution >= 4 is 23.5 Å². The van der Waals surface area contributed by atoms with Crippen LogP contribution in [0.2, 0.25) is 0 Å². The van der Waals surface area contributed by atoms with E-state index in [0.717, 1.165) is 17.7 Å². The number of carbonyl (C=O) groups is 3. The fourth-order valence-corrected chi connectivity index (χ4v) is 4.04. The second-order valence-electron chi connectivity index (χ2n) is 7.62. The average molecular weight is 358 g/mol. The maximum absolute atomic E-state index is 12.9. The zero-order chi connectivity index (χ0) is 18.9. The number of amides is 2. The maximum Gasteiger partial charge on any atom is 0.311 e. The molecule has 2 aliphatic rings. The smallest absolute Gasteiger partial charge is 0.311 e. The predicted molar refractivity (Wildman–Crippen MR) is 97.8 cm³/mol. The van der Waals surface area contributed by atoms with E-state index >= 15 is 0 Å². The van der Waals surface area contributed by atoms with Crippen LogP contribution in [-0.2, 0) is 20.8 Å². The van der Waals surface area contributed by atoms with Gasteiger partial charge in [0.2, 0.25) is 11.8 Å². The van der Waals surface area contributed by atoms with Gasteiger partial charge in [0, 0.05) is 31.7 Å². The lowest BCUT2D eigenvalue weighted by Crippen LogP contribution is -2.50. The highest BCUT2D eigenvalue weighted by molar-refractivity contribution is 6.01. The number of carboxylic acid groups (broad SMARTS) is 1. The van der Waals surface area contributed by atoms with Gasteiger partial charge in [-0.25, -0.2) is 0 Å². The van der Waals surface area contributed by atoms with E-state index in [1.165, 1.54) is 0 Å². The van der Waals surface area contributed by atoms with Gasteiger partial charge in [0.15, 0.2) is 0 Å². The molecule has 2 amide bonds. The molecule has 2 unspecified atom stereocenters. The Morgan fingerprint density at radius 2 is 2.04 bits per heavy atom. The zero-order valence-corrected chi connectivity index (χ0v) is 15.4. The Morgan fingerprint density at radius 1 is 1.31 bits per heavy atom. The number of piperidine rings is 1. The maximum atomic E-state index is 12.9. The summed E-state index contributed by atoms with van der Waals surface area (Å²) in [6.07, 6.45) is 2.27. The van der Waals surface area contributed by atoms with E-state index < -0.39 is 17.3 Å². The van der Waals surface area contributed by atoms with Crippen molar-refractivity contribution in [2.45, 2.75) is 39.5 Å². The molecule has 2 saturated heterocycles. The van der Waals surface area contributed by atoms with Gasteiger partial charge in [0.25, 0.3) is 0 Å². The second-order valence-corrected chi connectivity index (χ2v) is 7.62. The van der Waals surface area contributed by atoms with Gasteiger partial charge in [0.1, 0.15) is 0 Å². The molecule has 6 nitrogen and oxygen atoms in total. The number of nitrogens with zero attached hydrogens (tertiary/aromatic N) is 2. The van der Waals surface area contributed by atoms with E-state index in [1.54, 1.807) is 16.7 Å². The number of hydrogen-bond acceptors (Lipinski definition) is 3. The summed E-state index contributed by atoms with van der Waals surface area (Å²) < 4.78 is 0. The Bertz CT molecular complexity index is 732. The van der Waals surface area contributed by atoms with Crippen LogP contribution in [0.5, 0.6) is 0 Å². The number of aliphatic carboxylic acids is 1. The Morgan fingerprint density at radius 3 is 2.73 bits per heavy atom. The van der Waals surface area contributed by atoms with Crippen LogP contribution in [0.1, 0.15) is 38.7 Å². The molecule has 1 aromatic rings. The second kappa shape index (κ2) is 7.09. The largest absolute Gasteiger partial charge is 0.481 e. The average Bonchev–Trinajstić information content (AvgIpc) is 3.02. The van der Waals surface area contributed by atoms with Gasteiger partial charge in [-0.2, -0.15) is 0 Å². The van der Waals surface area contributed by atoms with Gasteiger partial charge in [-0.1, -0.05) is 25.1 Å². The predicted octanol–water partition coefficient (Wildman–Crippen LogP) is 2.32. The minimum absolute atomic E-state index is 0.0396. The zero-order valence-electron chi connectivity index (χ0n) is 15.4. The molecular formula is C20H26N2O4. The highest BCUT2D eigenvalue weighted by Gasteiger charge is 2.43. The van der Waals surface area contributed by atoms with Crippen molar-refractivity contribution in [2.75, 3.05) is 24.5 Å². The van der Waals surface area contributed by atoms with E-state index in [2.05, 4.69) is 0 Å². The van der Waals surface area contributed by atoms with Gasteiger partial charge in [0.05, 0.1) is 11.3 Å². The molecule has 2 fully saturated rings. The number of para-hydroxylation sites is 1. The van der Waals surface area contributed by atoms with Crippen LogP contribution < -0.4 is 4.90 Å². The fraction of sp³-hybridized carbons (Fsp3) is 0.550. The third-order valence-electron chi connectivity index (χ3n) is 5.66. The molecule has 0 spiro atoms. The third-order valence-corrected chi connectivity index (χ3v) is 5.66. The number of carbonyl (C=O) groups excluding carboxylic acids is 2. The molecule has 0 bridgehead atoms. The number of carboxylic acids is 1. The van der Waals surface area contributed by atoms with Crippen LogP contribution in [0, 0.1) is 11.3 Å². The number of anilines is 1. The molecule has 3 rings (SSSR count). The number of benzene rings is 1. The Balaban J connectivity index is 1.74. The Labute approximate surface area is 153 Å². The van der Waals surface area contributed by atoms with E-state index in [0.29, 0.717) is 25.9 Å². The molecule has 2 aliphatic heterocycles. The lowest BCUT2D eigenvalue weighted by atomic mass is 9.81.